The van der Waals surface area contributed by atoms with Crippen molar-refractivity contribution >= 4 is 41.5 Å². The summed E-state index contributed by atoms with van der Waals surface area (Å²) >= 11 is 0. The molecule has 236 valence electrons. The van der Waals surface area contributed by atoms with Gasteiger partial charge in [-0.2, -0.15) is 0 Å². The largest absolute Gasteiger partial charge is 0.481 e. The number of carbonyl (C=O) groups is 6. The monoisotopic (exact) mass is 602 g/mol. The van der Waals surface area contributed by atoms with Crippen LogP contribution in [0.4, 0.5) is 0 Å². The zero-order chi connectivity index (χ0) is 32.3. The predicted octanol–water partition coefficient (Wildman–Crippen LogP) is -1.83. The van der Waals surface area contributed by atoms with E-state index < -0.39 is 78.6 Å². The van der Waals surface area contributed by atoms with Crippen molar-refractivity contribution in [3.05, 3.63) is 35.9 Å². The molecule has 0 unspecified atom stereocenters. The van der Waals surface area contributed by atoms with Crippen LogP contribution < -0.4 is 27.4 Å². The van der Waals surface area contributed by atoms with Crippen LogP contribution in [-0.4, -0.2) is 108 Å². The van der Waals surface area contributed by atoms with Gasteiger partial charge >= 0.3 is 5.97 Å². The number of aliphatic imine (C=N–C) groups is 1. The summed E-state index contributed by atoms with van der Waals surface area (Å²) in [5.74, 6) is -5.43. The number of carbonyl (C=O) groups excluding carboxylic acids is 5. The second kappa shape index (κ2) is 16.1. The Balaban J connectivity index is 2.55. The summed E-state index contributed by atoms with van der Waals surface area (Å²) in [4.78, 5) is 84.9. The van der Waals surface area contributed by atoms with Gasteiger partial charge in [0.1, 0.15) is 24.2 Å². The first-order valence-corrected chi connectivity index (χ1v) is 13.9. The lowest BCUT2D eigenvalue weighted by atomic mass is 9.98. The van der Waals surface area contributed by atoms with Crippen LogP contribution in [0.25, 0.3) is 0 Å². The zero-order valence-electron chi connectivity index (χ0n) is 24.9. The van der Waals surface area contributed by atoms with E-state index in [1.807, 2.05) is 0 Å². The molecule has 0 bridgehead atoms. The molecule has 1 aromatic carbocycles. The lowest BCUT2D eigenvalue weighted by Crippen LogP contribution is -2.59. The van der Waals surface area contributed by atoms with Crippen molar-refractivity contribution in [2.24, 2.45) is 22.4 Å². The minimum absolute atomic E-state index is 0.0466. The van der Waals surface area contributed by atoms with Gasteiger partial charge in [0, 0.05) is 27.1 Å². The fraction of sp³-hybridized carbons (Fsp3) is 0.536. The Bertz CT molecular complexity index is 1200. The average Bonchev–Trinajstić information content (AvgIpc) is 2.95. The Labute approximate surface area is 250 Å². The van der Waals surface area contributed by atoms with Gasteiger partial charge in [0.25, 0.3) is 0 Å². The van der Waals surface area contributed by atoms with Gasteiger partial charge in [-0.3, -0.25) is 33.8 Å². The van der Waals surface area contributed by atoms with Crippen molar-refractivity contribution in [1.82, 2.24) is 25.8 Å². The van der Waals surface area contributed by atoms with E-state index in [1.54, 1.807) is 44.2 Å². The summed E-state index contributed by atoms with van der Waals surface area (Å²) in [6.07, 6.45) is -0.265. The van der Waals surface area contributed by atoms with Crippen molar-refractivity contribution in [3.8, 4) is 0 Å². The number of nitrogens with zero attached hydrogens (tertiary/aromatic N) is 3. The number of nitrogens with one attached hydrogen (secondary N) is 3. The van der Waals surface area contributed by atoms with Gasteiger partial charge in [0.05, 0.1) is 13.0 Å². The van der Waals surface area contributed by atoms with Gasteiger partial charge in [-0.1, -0.05) is 44.2 Å². The standard InChI is InChI=1S/C28H42N8O7/c1-16(2)23-27(43)35(3)19(11-8-12-31-28(29)30)24(40)32-15-21(37)33-18(14-22(38)39)26(42)36(4)20(25(41)34-23)13-17-9-6-5-7-10-17/h5-7,9-10,16,18-20,23H,8,11-15H2,1-4H3,(H,32,40)(H,33,37)(H,34,41)(H,38,39)(H4,29,30,31)/t18-,19-,20+,23-/m0/s1. The van der Waals surface area contributed by atoms with E-state index in [0.717, 1.165) is 4.90 Å². The summed E-state index contributed by atoms with van der Waals surface area (Å²) in [5, 5.41) is 17.0. The van der Waals surface area contributed by atoms with E-state index in [4.69, 9.17) is 11.5 Å². The second-order valence-electron chi connectivity index (χ2n) is 10.7. The van der Waals surface area contributed by atoms with E-state index in [2.05, 4.69) is 20.9 Å². The normalized spacial score (nSPS) is 22.7. The number of carboxylic acids is 1. The summed E-state index contributed by atoms with van der Waals surface area (Å²) < 4.78 is 0. The second-order valence-corrected chi connectivity index (χ2v) is 10.7. The van der Waals surface area contributed by atoms with E-state index in [9.17, 15) is 33.9 Å². The molecule has 0 saturated carbocycles. The highest BCUT2D eigenvalue weighted by atomic mass is 16.4. The number of guanidine groups is 1. The van der Waals surface area contributed by atoms with Gasteiger partial charge in [-0.15, -0.1) is 0 Å². The van der Waals surface area contributed by atoms with Crippen LogP contribution in [0, 0.1) is 5.92 Å². The molecule has 1 fully saturated rings. The highest BCUT2D eigenvalue weighted by molar-refractivity contribution is 5.98. The fourth-order valence-corrected chi connectivity index (χ4v) is 4.68. The number of benzene rings is 1. The molecule has 8 N–H and O–H groups in total. The summed E-state index contributed by atoms with van der Waals surface area (Å²) in [7, 11) is 2.76. The first-order chi connectivity index (χ1) is 20.2. The maximum atomic E-state index is 13.8. The quantitative estimate of drug-likeness (QED) is 0.106. The molecular weight excluding hydrogens is 560 g/mol. The van der Waals surface area contributed by atoms with E-state index in [0.29, 0.717) is 12.0 Å². The Hall–Kier alpha value is -4.69. The highest BCUT2D eigenvalue weighted by Gasteiger charge is 2.38. The molecule has 15 nitrogen and oxygen atoms in total. The van der Waals surface area contributed by atoms with E-state index in [1.165, 1.54) is 19.0 Å². The average molecular weight is 603 g/mol. The molecule has 15 heteroatoms. The van der Waals surface area contributed by atoms with Crippen LogP contribution in [0.5, 0.6) is 0 Å². The minimum Gasteiger partial charge on any atom is -0.481 e. The molecule has 0 radical (unpaired) electrons. The van der Waals surface area contributed by atoms with Gasteiger partial charge in [0.2, 0.25) is 29.5 Å². The molecule has 0 spiro atoms. The Morgan fingerprint density at radius 1 is 0.977 bits per heavy atom. The molecule has 1 saturated heterocycles. The van der Waals surface area contributed by atoms with Crippen LogP contribution in [0.1, 0.15) is 38.7 Å². The number of aliphatic carboxylic acids is 1. The molecule has 1 heterocycles. The number of hydrogen-bond acceptors (Lipinski definition) is 7. The van der Waals surface area contributed by atoms with Crippen molar-refractivity contribution in [2.45, 2.75) is 63.7 Å². The van der Waals surface area contributed by atoms with Crippen molar-refractivity contribution < 1.29 is 33.9 Å². The highest BCUT2D eigenvalue weighted by Crippen LogP contribution is 2.16. The number of amides is 5. The van der Waals surface area contributed by atoms with Crippen LogP contribution in [0.15, 0.2) is 35.3 Å². The molecule has 2 rings (SSSR count). The molecule has 0 aliphatic carbocycles. The smallest absolute Gasteiger partial charge is 0.305 e. The van der Waals surface area contributed by atoms with Crippen LogP contribution in [0.3, 0.4) is 0 Å². The Kier molecular flexibility index (Phi) is 12.9. The molecule has 0 aromatic heterocycles. The third kappa shape index (κ3) is 10.3. The molecule has 1 aromatic rings. The first kappa shape index (κ1) is 34.5. The molecular formula is C28H42N8O7. The summed E-state index contributed by atoms with van der Waals surface area (Å²) in [6, 6.07) is 4.03. The summed E-state index contributed by atoms with van der Waals surface area (Å²) in [6.45, 7) is 3.05. The van der Waals surface area contributed by atoms with Gasteiger partial charge in [0.15, 0.2) is 5.96 Å². The SMILES string of the molecule is CC(C)[C@@H]1NC(=O)[C@@H](Cc2ccccc2)N(C)C(=O)[C@H](CC(=O)O)NC(=O)CNC(=O)[C@H](CCCN=C(N)N)N(C)C1=O. The Morgan fingerprint density at radius 3 is 2.19 bits per heavy atom. The fourth-order valence-electron chi connectivity index (χ4n) is 4.68. The van der Waals surface area contributed by atoms with Gasteiger partial charge in [-0.05, 0) is 24.3 Å². The third-order valence-electron chi connectivity index (χ3n) is 7.10. The molecule has 4 atom stereocenters. The van der Waals surface area contributed by atoms with Crippen LogP contribution in [-0.2, 0) is 35.2 Å². The maximum absolute atomic E-state index is 13.8. The molecule has 43 heavy (non-hydrogen) atoms. The molecule has 1 aliphatic rings. The first-order valence-electron chi connectivity index (χ1n) is 13.9. The zero-order valence-corrected chi connectivity index (χ0v) is 24.9. The third-order valence-corrected chi connectivity index (χ3v) is 7.10. The van der Waals surface area contributed by atoms with Crippen molar-refractivity contribution in [2.75, 3.05) is 27.2 Å². The lowest BCUT2D eigenvalue weighted by molar-refractivity contribution is -0.147. The van der Waals surface area contributed by atoms with E-state index >= 15 is 0 Å². The number of carboxylic acid groups (broad SMARTS) is 1. The molecule has 5 amide bonds. The predicted molar refractivity (Wildman–Crippen MR) is 157 cm³/mol. The number of nitrogens with two attached hydrogens (primary N) is 2. The summed E-state index contributed by atoms with van der Waals surface area (Å²) in [5.41, 5.74) is 11.5. The molecule has 1 aliphatic heterocycles. The number of hydrogen-bond donors (Lipinski definition) is 6. The van der Waals surface area contributed by atoms with Gasteiger partial charge < -0.3 is 42.3 Å². The number of rotatable bonds is 9. The van der Waals surface area contributed by atoms with Crippen LogP contribution in [0.2, 0.25) is 0 Å². The maximum Gasteiger partial charge on any atom is 0.305 e. The number of likely N-dealkylation sites (N-methyl/N-ethyl adjacent to an activating group) is 2. The minimum atomic E-state index is -1.52. The Morgan fingerprint density at radius 2 is 1.60 bits per heavy atom. The van der Waals surface area contributed by atoms with Crippen molar-refractivity contribution in [1.29, 1.82) is 0 Å². The lowest BCUT2D eigenvalue weighted by Gasteiger charge is -2.34. The van der Waals surface area contributed by atoms with Gasteiger partial charge in [-0.25, -0.2) is 0 Å². The van der Waals surface area contributed by atoms with Crippen LogP contribution >= 0.6 is 0 Å². The topological polar surface area (TPSA) is 230 Å². The van der Waals surface area contributed by atoms with E-state index in [-0.39, 0.29) is 25.3 Å². The van der Waals surface area contributed by atoms with Crippen molar-refractivity contribution in [3.63, 3.8) is 0 Å².